The first kappa shape index (κ1) is 22.6. The van der Waals surface area contributed by atoms with Gasteiger partial charge in [0.2, 0.25) is 0 Å². The molecule has 0 fully saturated rings. The van der Waals surface area contributed by atoms with E-state index in [4.69, 9.17) is 14.9 Å². The molecule has 0 saturated carbocycles. The second-order valence-corrected chi connectivity index (χ2v) is 3.00. The predicted octanol–water partition coefficient (Wildman–Crippen LogP) is 1.82. The number of unbranched alkanes of at least 4 members (excludes halogenated alkanes) is 1. The molecular weight excluding hydrogens is 248 g/mol. The molecule has 0 unspecified atom stereocenters. The minimum atomic E-state index is -0.394. The van der Waals surface area contributed by atoms with E-state index in [1.165, 1.54) is 13.4 Å². The van der Waals surface area contributed by atoms with Gasteiger partial charge in [-0.1, -0.05) is 19.2 Å². The van der Waals surface area contributed by atoms with Gasteiger partial charge in [-0.3, -0.25) is 0 Å². The maximum atomic E-state index is 9.84. The van der Waals surface area contributed by atoms with Crippen molar-refractivity contribution in [3.63, 3.8) is 0 Å². The molecule has 0 aromatic heterocycles. The Balaban J connectivity index is -0.000000209. The van der Waals surface area contributed by atoms with E-state index in [9.17, 15) is 4.79 Å². The average molecular weight is 274 g/mol. The van der Waals surface area contributed by atoms with Crippen molar-refractivity contribution in [3.05, 3.63) is 38.2 Å². The summed E-state index contributed by atoms with van der Waals surface area (Å²) in [6, 6.07) is 0. The van der Waals surface area contributed by atoms with Gasteiger partial charge in [0.05, 0.1) is 20.0 Å². The Morgan fingerprint density at radius 1 is 1.16 bits per heavy atom. The van der Waals surface area contributed by atoms with Crippen LogP contribution in [0.4, 0.5) is 0 Å². The molecule has 0 heterocycles. The molecule has 2 N–H and O–H groups in total. The van der Waals surface area contributed by atoms with E-state index >= 15 is 0 Å². The Morgan fingerprint density at radius 3 is 2.00 bits per heavy atom. The first-order chi connectivity index (χ1) is 9.14. The lowest BCUT2D eigenvalue weighted by Crippen LogP contribution is -1.91. The summed E-state index contributed by atoms with van der Waals surface area (Å²) in [5.41, 5.74) is 0. The van der Waals surface area contributed by atoms with Gasteiger partial charge in [0.25, 0.3) is 0 Å². The summed E-state index contributed by atoms with van der Waals surface area (Å²) >= 11 is 0. The van der Waals surface area contributed by atoms with Crippen LogP contribution in [-0.4, -0.2) is 43.1 Å². The number of methoxy groups -OCH3 is 1. The largest absolute Gasteiger partial charge is 0.502 e. The Labute approximate surface area is 115 Å². The maximum Gasteiger partial charge on any atom is 0.329 e. The number of hydrogen-bond donors (Lipinski definition) is 2. The molecular formula is C14H26O5. The Kier molecular flexibility index (Phi) is 30.1. The number of esters is 1. The highest BCUT2D eigenvalue weighted by Gasteiger charge is 1.82. The maximum absolute atomic E-state index is 9.84. The zero-order valence-corrected chi connectivity index (χ0v) is 11.7. The van der Waals surface area contributed by atoms with Gasteiger partial charge in [-0.15, -0.1) is 6.58 Å². The summed E-state index contributed by atoms with van der Waals surface area (Å²) in [6.45, 7) is 11.1. The molecule has 0 amide bonds. The Hall–Kier alpha value is -1.59. The molecule has 0 aliphatic rings. The van der Waals surface area contributed by atoms with E-state index in [0.717, 1.165) is 18.9 Å². The van der Waals surface area contributed by atoms with Gasteiger partial charge in [-0.2, -0.15) is 0 Å². The quantitative estimate of drug-likeness (QED) is 0.232. The molecule has 0 aromatic rings. The fourth-order valence-corrected chi connectivity index (χ4v) is 0.555. The van der Waals surface area contributed by atoms with Gasteiger partial charge in [0, 0.05) is 19.3 Å². The number of hydrogen-bond acceptors (Lipinski definition) is 5. The number of carbonyl (C=O) groups is 1. The van der Waals surface area contributed by atoms with Crippen LogP contribution in [0.1, 0.15) is 19.3 Å². The minimum Gasteiger partial charge on any atom is -0.502 e. The summed E-state index contributed by atoms with van der Waals surface area (Å²) in [4.78, 5) is 9.84. The SMILES string of the molecule is C=CC(=O)OC.C=CCCO.C=COCCCCO. The van der Waals surface area contributed by atoms with Crippen molar-refractivity contribution in [2.45, 2.75) is 19.3 Å². The van der Waals surface area contributed by atoms with Crippen molar-refractivity contribution in [2.24, 2.45) is 0 Å². The molecule has 0 aliphatic heterocycles. The average Bonchev–Trinajstić information content (AvgIpc) is 2.45. The first-order valence-electron chi connectivity index (χ1n) is 5.89. The van der Waals surface area contributed by atoms with E-state index < -0.39 is 5.97 Å². The molecule has 5 nitrogen and oxygen atoms in total. The van der Waals surface area contributed by atoms with Crippen molar-refractivity contribution in [1.29, 1.82) is 0 Å². The van der Waals surface area contributed by atoms with Crippen LogP contribution in [0.5, 0.6) is 0 Å². The molecule has 5 heteroatoms. The van der Waals surface area contributed by atoms with Crippen molar-refractivity contribution in [1.82, 2.24) is 0 Å². The number of ether oxygens (including phenoxy) is 2. The van der Waals surface area contributed by atoms with Crippen LogP contribution in [0.15, 0.2) is 38.2 Å². The van der Waals surface area contributed by atoms with Gasteiger partial charge < -0.3 is 19.7 Å². The summed E-state index contributed by atoms with van der Waals surface area (Å²) in [7, 11) is 1.31. The molecule has 19 heavy (non-hydrogen) atoms. The van der Waals surface area contributed by atoms with E-state index in [2.05, 4.69) is 24.5 Å². The van der Waals surface area contributed by atoms with Crippen LogP contribution < -0.4 is 0 Å². The highest BCUT2D eigenvalue weighted by Crippen LogP contribution is 1.87. The van der Waals surface area contributed by atoms with Crippen LogP contribution in [0.25, 0.3) is 0 Å². The first-order valence-corrected chi connectivity index (χ1v) is 5.89. The molecule has 112 valence electrons. The standard InChI is InChI=1S/C6H12O2.C4H6O2.C4H8O/c1-2-8-6-4-3-5-7;1-3-4(5)6-2;1-2-3-4-5/h2,7H,1,3-6H2;3H,1H2,2H3;2,5H,1,3-4H2. The van der Waals surface area contributed by atoms with Gasteiger partial charge in [0.15, 0.2) is 0 Å². The third kappa shape index (κ3) is 38.5. The van der Waals surface area contributed by atoms with Crippen LogP contribution >= 0.6 is 0 Å². The van der Waals surface area contributed by atoms with Crippen molar-refractivity contribution >= 4 is 5.97 Å². The van der Waals surface area contributed by atoms with Crippen LogP contribution in [0, 0.1) is 0 Å². The summed E-state index contributed by atoms with van der Waals surface area (Å²) in [5.74, 6) is -0.394. The van der Waals surface area contributed by atoms with Gasteiger partial charge in [-0.25, -0.2) is 4.79 Å². The molecule has 0 aromatic carbocycles. The van der Waals surface area contributed by atoms with Crippen LogP contribution in [0.3, 0.4) is 0 Å². The van der Waals surface area contributed by atoms with Gasteiger partial charge in [0.1, 0.15) is 0 Å². The van der Waals surface area contributed by atoms with E-state index in [0.29, 0.717) is 13.0 Å². The van der Waals surface area contributed by atoms with Crippen LogP contribution in [-0.2, 0) is 14.3 Å². The number of aliphatic hydroxyl groups excluding tert-OH is 2. The smallest absolute Gasteiger partial charge is 0.329 e. The minimum absolute atomic E-state index is 0.226. The molecule has 0 radical (unpaired) electrons. The second kappa shape index (κ2) is 25.3. The zero-order chi connectivity index (χ0) is 15.4. The molecule has 0 saturated heterocycles. The zero-order valence-electron chi connectivity index (χ0n) is 11.7. The summed E-state index contributed by atoms with van der Waals surface area (Å²) in [6.07, 6.45) is 6.63. The van der Waals surface area contributed by atoms with Crippen molar-refractivity contribution in [3.8, 4) is 0 Å². The number of rotatable bonds is 8. The monoisotopic (exact) mass is 274 g/mol. The molecule has 0 bridgehead atoms. The fourth-order valence-electron chi connectivity index (χ4n) is 0.555. The lowest BCUT2D eigenvalue weighted by Gasteiger charge is -1.95. The lowest BCUT2D eigenvalue weighted by molar-refractivity contribution is -0.134. The van der Waals surface area contributed by atoms with Crippen molar-refractivity contribution < 1.29 is 24.5 Å². The highest BCUT2D eigenvalue weighted by atomic mass is 16.5. The number of carbonyl (C=O) groups excluding carboxylic acids is 1. The Bertz CT molecular complexity index is 214. The predicted molar refractivity (Wildman–Crippen MR) is 76.6 cm³/mol. The number of aliphatic hydroxyl groups is 2. The third-order valence-electron chi connectivity index (χ3n) is 1.49. The topological polar surface area (TPSA) is 76.0 Å². The summed E-state index contributed by atoms with van der Waals surface area (Å²) < 4.78 is 8.93. The summed E-state index contributed by atoms with van der Waals surface area (Å²) in [5, 5.41) is 16.3. The molecule has 0 spiro atoms. The lowest BCUT2D eigenvalue weighted by atomic mass is 10.3. The van der Waals surface area contributed by atoms with Gasteiger partial charge >= 0.3 is 5.97 Å². The second-order valence-electron chi connectivity index (χ2n) is 3.00. The molecule has 0 aliphatic carbocycles. The Morgan fingerprint density at radius 2 is 1.79 bits per heavy atom. The highest BCUT2D eigenvalue weighted by molar-refractivity contribution is 5.80. The normalized spacial score (nSPS) is 7.74. The fraction of sp³-hybridized carbons (Fsp3) is 0.500. The van der Waals surface area contributed by atoms with E-state index in [-0.39, 0.29) is 13.2 Å². The third-order valence-corrected chi connectivity index (χ3v) is 1.49. The van der Waals surface area contributed by atoms with E-state index in [1.807, 2.05) is 0 Å². The van der Waals surface area contributed by atoms with Crippen LogP contribution in [0.2, 0.25) is 0 Å². The van der Waals surface area contributed by atoms with E-state index in [1.54, 1.807) is 6.08 Å². The van der Waals surface area contributed by atoms with Gasteiger partial charge in [-0.05, 0) is 19.3 Å². The van der Waals surface area contributed by atoms with Crippen molar-refractivity contribution in [2.75, 3.05) is 26.9 Å². The molecule has 0 rings (SSSR count). The molecule has 0 atom stereocenters.